The third-order valence-electron chi connectivity index (χ3n) is 5.42. The largest absolute Gasteiger partial charge is 0.341 e. The number of hydrogen-bond donors (Lipinski definition) is 0. The van der Waals surface area contributed by atoms with Gasteiger partial charge in [0.1, 0.15) is 0 Å². The Morgan fingerprint density at radius 1 is 0.828 bits per heavy atom. The summed E-state index contributed by atoms with van der Waals surface area (Å²) >= 11 is 5.96. The molecule has 0 N–H and O–H groups in total. The average Bonchev–Trinajstić information content (AvgIpc) is 2.79. The first-order chi connectivity index (χ1) is 14.2. The molecule has 2 aliphatic rings. The number of anilines is 3. The highest BCUT2D eigenvalue weighted by molar-refractivity contribution is 6.30. The Bertz CT molecular complexity index is 791. The van der Waals surface area contributed by atoms with Gasteiger partial charge in [0.05, 0.1) is 6.21 Å². The van der Waals surface area contributed by atoms with Crippen molar-refractivity contribution in [2.24, 2.45) is 5.10 Å². The van der Waals surface area contributed by atoms with Gasteiger partial charge in [-0.3, -0.25) is 0 Å². The average molecular weight is 414 g/mol. The molecule has 8 heteroatoms. The van der Waals surface area contributed by atoms with Crippen LogP contribution in [0.4, 0.5) is 17.8 Å². The number of hydrogen-bond acceptors (Lipinski definition) is 7. The lowest BCUT2D eigenvalue weighted by molar-refractivity contribution is 0.555. The maximum atomic E-state index is 5.96. The number of halogens is 1. The fourth-order valence-corrected chi connectivity index (χ4v) is 3.84. The SMILES string of the molecule is CN(N=Cc1ccc(Cl)cc1)c1nc(N2CCCCC2)nc(N2CCCCC2)n1. The Kier molecular flexibility index (Phi) is 6.44. The number of aromatic nitrogens is 3. The van der Waals surface area contributed by atoms with Crippen molar-refractivity contribution >= 4 is 35.7 Å². The Labute approximate surface area is 177 Å². The van der Waals surface area contributed by atoms with Gasteiger partial charge in [0.2, 0.25) is 11.9 Å². The molecule has 2 saturated heterocycles. The predicted octanol–water partition coefficient (Wildman–Crippen LogP) is 3.98. The topological polar surface area (TPSA) is 60.8 Å². The minimum absolute atomic E-state index is 0.575. The second-order valence-corrected chi connectivity index (χ2v) is 8.09. The van der Waals surface area contributed by atoms with Crippen LogP contribution in [0.25, 0.3) is 0 Å². The van der Waals surface area contributed by atoms with Gasteiger partial charge < -0.3 is 9.80 Å². The van der Waals surface area contributed by atoms with Gasteiger partial charge in [0.25, 0.3) is 5.95 Å². The van der Waals surface area contributed by atoms with E-state index in [2.05, 4.69) is 14.9 Å². The second kappa shape index (κ2) is 9.39. The summed E-state index contributed by atoms with van der Waals surface area (Å²) in [5, 5.41) is 6.97. The molecule has 3 heterocycles. The molecule has 1 aromatic heterocycles. The third-order valence-corrected chi connectivity index (χ3v) is 5.67. The lowest BCUT2D eigenvalue weighted by Crippen LogP contribution is -2.35. The van der Waals surface area contributed by atoms with E-state index >= 15 is 0 Å². The van der Waals surface area contributed by atoms with Gasteiger partial charge in [-0.05, 0) is 56.2 Å². The highest BCUT2D eigenvalue weighted by Crippen LogP contribution is 2.23. The van der Waals surface area contributed by atoms with Gasteiger partial charge in [0, 0.05) is 38.2 Å². The zero-order valence-electron chi connectivity index (χ0n) is 17.0. The van der Waals surface area contributed by atoms with E-state index in [9.17, 15) is 0 Å². The molecule has 0 unspecified atom stereocenters. The van der Waals surface area contributed by atoms with Crippen LogP contribution >= 0.6 is 11.6 Å². The number of nitrogens with zero attached hydrogens (tertiary/aromatic N) is 7. The van der Waals surface area contributed by atoms with Gasteiger partial charge in [0.15, 0.2) is 0 Å². The van der Waals surface area contributed by atoms with Crippen molar-refractivity contribution in [2.45, 2.75) is 38.5 Å². The van der Waals surface area contributed by atoms with Crippen LogP contribution in [-0.4, -0.2) is 54.4 Å². The molecule has 0 atom stereocenters. The first-order valence-corrected chi connectivity index (χ1v) is 10.9. The summed E-state index contributed by atoms with van der Waals surface area (Å²) in [5.41, 5.74) is 0.975. The number of benzene rings is 1. The van der Waals surface area contributed by atoms with Crippen LogP contribution in [0.1, 0.15) is 44.1 Å². The normalized spacial score (nSPS) is 17.7. The van der Waals surface area contributed by atoms with E-state index < -0.39 is 0 Å². The zero-order chi connectivity index (χ0) is 20.1. The summed E-state index contributed by atoms with van der Waals surface area (Å²) in [6.07, 6.45) is 9.09. The Morgan fingerprint density at radius 3 is 1.86 bits per heavy atom. The van der Waals surface area contributed by atoms with E-state index in [1.54, 1.807) is 11.2 Å². The van der Waals surface area contributed by atoms with Crippen molar-refractivity contribution in [1.82, 2.24) is 15.0 Å². The van der Waals surface area contributed by atoms with Gasteiger partial charge in [-0.25, -0.2) is 5.01 Å². The second-order valence-electron chi connectivity index (χ2n) is 7.65. The Balaban J connectivity index is 1.60. The summed E-state index contributed by atoms with van der Waals surface area (Å²) in [4.78, 5) is 18.9. The number of piperidine rings is 2. The summed E-state index contributed by atoms with van der Waals surface area (Å²) in [6.45, 7) is 4.00. The molecule has 0 aliphatic carbocycles. The molecule has 0 saturated carbocycles. The molecule has 2 fully saturated rings. The van der Waals surface area contributed by atoms with Crippen LogP contribution in [-0.2, 0) is 0 Å². The molecule has 2 aromatic rings. The third kappa shape index (κ3) is 5.15. The van der Waals surface area contributed by atoms with Crippen LogP contribution in [0.3, 0.4) is 0 Å². The van der Waals surface area contributed by atoms with Crippen LogP contribution in [0.5, 0.6) is 0 Å². The van der Waals surface area contributed by atoms with E-state index in [4.69, 9.17) is 26.6 Å². The quantitative estimate of drug-likeness (QED) is 0.545. The number of rotatable bonds is 5. The summed E-state index contributed by atoms with van der Waals surface area (Å²) in [7, 11) is 1.88. The molecule has 1 aromatic carbocycles. The van der Waals surface area contributed by atoms with Crippen LogP contribution < -0.4 is 14.8 Å². The fourth-order valence-electron chi connectivity index (χ4n) is 3.71. The van der Waals surface area contributed by atoms with Gasteiger partial charge >= 0.3 is 0 Å². The molecule has 0 radical (unpaired) electrons. The Morgan fingerprint density at radius 2 is 1.34 bits per heavy atom. The highest BCUT2D eigenvalue weighted by atomic mass is 35.5. The summed E-state index contributed by atoms with van der Waals surface area (Å²) < 4.78 is 0. The monoisotopic (exact) mass is 413 g/mol. The van der Waals surface area contributed by atoms with E-state index in [0.29, 0.717) is 11.0 Å². The fraction of sp³-hybridized carbons (Fsp3) is 0.524. The maximum absolute atomic E-state index is 5.96. The van der Waals surface area contributed by atoms with E-state index in [0.717, 1.165) is 43.6 Å². The van der Waals surface area contributed by atoms with Gasteiger partial charge in [-0.1, -0.05) is 23.7 Å². The lowest BCUT2D eigenvalue weighted by Gasteiger charge is -2.30. The van der Waals surface area contributed by atoms with Crippen molar-refractivity contribution in [3.63, 3.8) is 0 Å². The minimum atomic E-state index is 0.575. The van der Waals surface area contributed by atoms with Crippen molar-refractivity contribution in [2.75, 3.05) is 48.0 Å². The van der Waals surface area contributed by atoms with Crippen LogP contribution in [0.15, 0.2) is 29.4 Å². The summed E-state index contributed by atoms with van der Waals surface area (Å²) in [6, 6.07) is 7.58. The minimum Gasteiger partial charge on any atom is -0.341 e. The summed E-state index contributed by atoms with van der Waals surface area (Å²) in [5.74, 6) is 2.11. The molecule has 7 nitrogen and oxygen atoms in total. The van der Waals surface area contributed by atoms with Gasteiger partial charge in [-0.15, -0.1) is 0 Å². The molecule has 154 valence electrons. The molecule has 0 amide bonds. The molecular weight excluding hydrogens is 386 g/mol. The van der Waals surface area contributed by atoms with Crippen molar-refractivity contribution in [3.05, 3.63) is 34.9 Å². The first-order valence-electron chi connectivity index (χ1n) is 10.5. The molecule has 4 rings (SSSR count). The van der Waals surface area contributed by atoms with E-state index in [1.807, 2.05) is 31.3 Å². The lowest BCUT2D eigenvalue weighted by atomic mass is 10.1. The first kappa shape index (κ1) is 19.9. The van der Waals surface area contributed by atoms with E-state index in [-0.39, 0.29) is 0 Å². The Hall–Kier alpha value is -2.41. The van der Waals surface area contributed by atoms with E-state index in [1.165, 1.54) is 38.5 Å². The molecular formula is C21H28ClN7. The molecule has 0 spiro atoms. The van der Waals surface area contributed by atoms with Gasteiger partial charge in [-0.2, -0.15) is 20.1 Å². The smallest absolute Gasteiger partial charge is 0.252 e. The van der Waals surface area contributed by atoms with Crippen LogP contribution in [0, 0.1) is 0 Å². The predicted molar refractivity (Wildman–Crippen MR) is 119 cm³/mol. The molecule has 2 aliphatic heterocycles. The van der Waals surface area contributed by atoms with Crippen molar-refractivity contribution in [1.29, 1.82) is 0 Å². The van der Waals surface area contributed by atoms with Crippen molar-refractivity contribution in [3.8, 4) is 0 Å². The maximum Gasteiger partial charge on any atom is 0.252 e. The molecule has 0 bridgehead atoms. The molecule has 29 heavy (non-hydrogen) atoms. The van der Waals surface area contributed by atoms with Crippen molar-refractivity contribution < 1.29 is 0 Å². The number of hydrazone groups is 1. The van der Waals surface area contributed by atoms with Crippen LogP contribution in [0.2, 0.25) is 5.02 Å². The highest BCUT2D eigenvalue weighted by Gasteiger charge is 2.21. The zero-order valence-corrected chi connectivity index (χ0v) is 17.7. The standard InChI is InChI=1S/C21H28ClN7/c1-27(23-16-17-8-10-18(22)11-9-17)19-24-20(28-12-4-2-5-13-28)26-21(25-19)29-14-6-3-7-15-29/h8-11,16H,2-7,12-15H2,1H3.